The predicted molar refractivity (Wildman–Crippen MR) is 104 cm³/mol. The lowest BCUT2D eigenvalue weighted by Crippen LogP contribution is -2.49. The molecular weight excluding hydrogens is 368 g/mol. The van der Waals surface area contributed by atoms with Gasteiger partial charge in [0.05, 0.1) is 17.8 Å². The first kappa shape index (κ1) is 18.8. The number of nitrogens with one attached hydrogen (secondary N) is 1. The van der Waals surface area contributed by atoms with Crippen molar-refractivity contribution in [3.8, 4) is 5.75 Å². The first-order valence-electron chi connectivity index (χ1n) is 8.54. The second-order valence-electron chi connectivity index (χ2n) is 6.11. The number of carbonyl (C=O) groups excluding carboxylic acids is 2. The molecule has 0 spiro atoms. The van der Waals surface area contributed by atoms with Crippen LogP contribution in [0.3, 0.4) is 0 Å². The number of primary amides is 1. The van der Waals surface area contributed by atoms with Gasteiger partial charge in [-0.25, -0.2) is 4.79 Å². The van der Waals surface area contributed by atoms with Crippen LogP contribution in [-0.2, 0) is 4.79 Å². The highest BCUT2D eigenvalue weighted by molar-refractivity contribution is 6.33. The number of amides is 3. The lowest BCUT2D eigenvalue weighted by atomic mass is 10.1. The average molecular weight is 389 g/mol. The number of methoxy groups -OCH3 is 1. The van der Waals surface area contributed by atoms with Gasteiger partial charge in [0.2, 0.25) is 0 Å². The lowest BCUT2D eigenvalue weighted by molar-refractivity contribution is -0.132. The molecule has 1 fully saturated rings. The van der Waals surface area contributed by atoms with Crippen LogP contribution in [0.2, 0.25) is 5.02 Å². The highest BCUT2D eigenvalue weighted by Gasteiger charge is 2.34. The van der Waals surface area contributed by atoms with Gasteiger partial charge in [-0.1, -0.05) is 41.9 Å². The van der Waals surface area contributed by atoms with Crippen LogP contribution in [0.15, 0.2) is 48.5 Å². The Balaban J connectivity index is 1.93. The second kappa shape index (κ2) is 8.18. The van der Waals surface area contributed by atoms with Crippen molar-refractivity contribution >= 4 is 29.2 Å². The Morgan fingerprint density at radius 3 is 2.59 bits per heavy atom. The minimum Gasteiger partial charge on any atom is -0.497 e. The molecule has 1 saturated heterocycles. The van der Waals surface area contributed by atoms with Crippen molar-refractivity contribution in [2.45, 2.75) is 12.5 Å². The molecule has 3 amide bonds. The Hall–Kier alpha value is -2.93. The van der Waals surface area contributed by atoms with E-state index in [1.807, 2.05) is 11.1 Å². The molecule has 1 aliphatic rings. The molecule has 1 heterocycles. The zero-order valence-electron chi connectivity index (χ0n) is 14.9. The Bertz CT molecular complexity index is 831. The molecule has 0 aromatic heterocycles. The standard InChI is InChI=1S/C19H21ClN4O3/c1-27-14-8-9-15(20)16(12-14)23-10-5-11-24(23)18(25)17(22-19(21)26)13-6-3-2-4-7-13/h2-4,6-9,12,17H,5,10-11H2,1H3,(H3,21,22,26)/t17-/m0/s1. The molecule has 0 bridgehead atoms. The molecule has 3 rings (SSSR count). The SMILES string of the molecule is COc1ccc(Cl)c(N2CCCN2C(=O)[C@@H](NC(N)=O)c2ccccc2)c1. The molecule has 2 aromatic carbocycles. The van der Waals surface area contributed by atoms with E-state index in [1.165, 1.54) is 0 Å². The number of carbonyl (C=O) groups is 2. The highest BCUT2D eigenvalue weighted by atomic mass is 35.5. The van der Waals surface area contributed by atoms with E-state index in [9.17, 15) is 9.59 Å². The summed E-state index contributed by atoms with van der Waals surface area (Å²) in [6, 6.07) is 12.6. The molecule has 2 aromatic rings. The van der Waals surface area contributed by atoms with E-state index in [2.05, 4.69) is 5.32 Å². The van der Waals surface area contributed by atoms with E-state index < -0.39 is 12.1 Å². The molecule has 7 nitrogen and oxygen atoms in total. The summed E-state index contributed by atoms with van der Waals surface area (Å²) in [5.41, 5.74) is 6.63. The molecule has 8 heteroatoms. The zero-order valence-corrected chi connectivity index (χ0v) is 15.6. The maximum absolute atomic E-state index is 13.3. The van der Waals surface area contributed by atoms with Gasteiger partial charge in [-0.15, -0.1) is 0 Å². The summed E-state index contributed by atoms with van der Waals surface area (Å²) in [6.07, 6.45) is 0.775. The van der Waals surface area contributed by atoms with Crippen LogP contribution in [0.25, 0.3) is 0 Å². The normalized spacial score (nSPS) is 14.7. The molecule has 0 radical (unpaired) electrons. The number of ether oxygens (including phenoxy) is 1. The van der Waals surface area contributed by atoms with Gasteiger partial charge in [-0.2, -0.15) is 0 Å². The van der Waals surface area contributed by atoms with Gasteiger partial charge < -0.3 is 15.8 Å². The van der Waals surface area contributed by atoms with Crippen LogP contribution >= 0.6 is 11.6 Å². The van der Waals surface area contributed by atoms with E-state index in [-0.39, 0.29) is 5.91 Å². The number of hydrogen-bond donors (Lipinski definition) is 2. The number of anilines is 1. The van der Waals surface area contributed by atoms with Gasteiger partial charge in [0, 0.05) is 19.2 Å². The number of benzene rings is 2. The number of nitrogens with two attached hydrogens (primary N) is 1. The summed E-state index contributed by atoms with van der Waals surface area (Å²) in [5.74, 6) is 0.361. The van der Waals surface area contributed by atoms with E-state index in [1.54, 1.807) is 54.6 Å². The van der Waals surface area contributed by atoms with Gasteiger partial charge >= 0.3 is 6.03 Å². The topological polar surface area (TPSA) is 87.9 Å². The summed E-state index contributed by atoms with van der Waals surface area (Å²) in [7, 11) is 1.57. The van der Waals surface area contributed by atoms with Crippen LogP contribution in [0.4, 0.5) is 10.5 Å². The molecule has 0 aliphatic carbocycles. The predicted octanol–water partition coefficient (Wildman–Crippen LogP) is 2.71. The number of halogens is 1. The highest BCUT2D eigenvalue weighted by Crippen LogP contribution is 2.34. The summed E-state index contributed by atoms with van der Waals surface area (Å²) < 4.78 is 5.27. The molecule has 142 valence electrons. The van der Waals surface area contributed by atoms with E-state index >= 15 is 0 Å². The van der Waals surface area contributed by atoms with Crippen LogP contribution < -0.4 is 20.8 Å². The molecule has 0 saturated carbocycles. The summed E-state index contributed by atoms with van der Waals surface area (Å²) in [6.45, 7) is 1.13. The molecule has 3 N–H and O–H groups in total. The zero-order chi connectivity index (χ0) is 19.4. The first-order valence-corrected chi connectivity index (χ1v) is 8.92. The van der Waals surface area contributed by atoms with Crippen molar-refractivity contribution in [1.82, 2.24) is 10.3 Å². The van der Waals surface area contributed by atoms with Gasteiger partial charge in [0.25, 0.3) is 5.91 Å². The van der Waals surface area contributed by atoms with Crippen LogP contribution in [0.5, 0.6) is 5.75 Å². The fourth-order valence-corrected chi connectivity index (χ4v) is 3.35. The van der Waals surface area contributed by atoms with E-state index in [0.29, 0.717) is 35.1 Å². The number of hydrogen-bond acceptors (Lipinski definition) is 4. The van der Waals surface area contributed by atoms with Crippen molar-refractivity contribution in [1.29, 1.82) is 0 Å². The molecule has 27 heavy (non-hydrogen) atoms. The van der Waals surface area contributed by atoms with Crippen LogP contribution in [0.1, 0.15) is 18.0 Å². The Morgan fingerprint density at radius 2 is 1.93 bits per heavy atom. The van der Waals surface area contributed by atoms with Crippen molar-refractivity contribution in [2.24, 2.45) is 5.73 Å². The van der Waals surface area contributed by atoms with E-state index in [0.717, 1.165) is 6.42 Å². The maximum Gasteiger partial charge on any atom is 0.313 e. The monoisotopic (exact) mass is 388 g/mol. The molecule has 0 unspecified atom stereocenters. The second-order valence-corrected chi connectivity index (χ2v) is 6.51. The van der Waals surface area contributed by atoms with Crippen molar-refractivity contribution in [2.75, 3.05) is 25.2 Å². The van der Waals surface area contributed by atoms with Crippen LogP contribution in [0, 0.1) is 0 Å². The smallest absolute Gasteiger partial charge is 0.313 e. The first-order chi connectivity index (χ1) is 13.0. The Labute approximate surface area is 162 Å². The summed E-state index contributed by atoms with van der Waals surface area (Å²) >= 11 is 6.36. The Morgan fingerprint density at radius 1 is 1.19 bits per heavy atom. The fourth-order valence-electron chi connectivity index (χ4n) is 3.13. The number of nitrogens with zero attached hydrogens (tertiary/aromatic N) is 2. The molecule has 1 aliphatic heterocycles. The van der Waals surface area contributed by atoms with Gasteiger partial charge in [-0.3, -0.25) is 14.8 Å². The van der Waals surface area contributed by atoms with Crippen molar-refractivity contribution in [3.05, 3.63) is 59.1 Å². The maximum atomic E-state index is 13.3. The summed E-state index contributed by atoms with van der Waals surface area (Å²) in [5, 5.41) is 6.46. The number of hydrazine groups is 1. The quantitative estimate of drug-likeness (QED) is 0.824. The van der Waals surface area contributed by atoms with Gasteiger partial charge in [0.1, 0.15) is 11.8 Å². The molecular formula is C19H21ClN4O3. The third kappa shape index (κ3) is 4.09. The van der Waals surface area contributed by atoms with Gasteiger partial charge in [0.15, 0.2) is 0 Å². The Kier molecular flexibility index (Phi) is 5.71. The lowest BCUT2D eigenvalue weighted by Gasteiger charge is -2.33. The fraction of sp³-hybridized carbons (Fsp3) is 0.263. The van der Waals surface area contributed by atoms with Crippen molar-refractivity contribution in [3.63, 3.8) is 0 Å². The largest absolute Gasteiger partial charge is 0.497 e. The summed E-state index contributed by atoms with van der Waals surface area (Å²) in [4.78, 5) is 24.8. The number of rotatable bonds is 5. The average Bonchev–Trinajstić information content (AvgIpc) is 3.16. The van der Waals surface area contributed by atoms with E-state index in [4.69, 9.17) is 22.1 Å². The third-order valence-electron chi connectivity index (χ3n) is 4.38. The molecule has 1 atom stereocenters. The minimum absolute atomic E-state index is 0.281. The van der Waals surface area contributed by atoms with Crippen molar-refractivity contribution < 1.29 is 14.3 Å². The van der Waals surface area contributed by atoms with Crippen LogP contribution in [-0.4, -0.2) is 37.1 Å². The number of urea groups is 1. The third-order valence-corrected chi connectivity index (χ3v) is 4.70. The van der Waals surface area contributed by atoms with Gasteiger partial charge in [-0.05, 0) is 24.1 Å². The minimum atomic E-state index is -0.881.